The van der Waals surface area contributed by atoms with Crippen molar-refractivity contribution in [2.75, 3.05) is 44.3 Å². The Morgan fingerprint density at radius 1 is 0.970 bits per heavy atom. The molecule has 0 radical (unpaired) electrons. The van der Waals surface area contributed by atoms with Crippen molar-refractivity contribution in [3.63, 3.8) is 0 Å². The lowest BCUT2D eigenvalue weighted by molar-refractivity contribution is 0.0942. The van der Waals surface area contributed by atoms with Gasteiger partial charge in [-0.3, -0.25) is 10.1 Å². The number of halogens is 2. The summed E-state index contributed by atoms with van der Waals surface area (Å²) in [4.78, 5) is 17.1. The average Bonchev–Trinajstić information content (AvgIpc) is 3.24. The van der Waals surface area contributed by atoms with E-state index >= 15 is 0 Å². The number of fused-ring (bicyclic) bond motifs is 1. The van der Waals surface area contributed by atoms with E-state index in [0.29, 0.717) is 18.8 Å². The minimum atomic E-state index is -0.819. The van der Waals surface area contributed by atoms with Gasteiger partial charge in [-0.15, -0.1) is 0 Å². The first-order chi connectivity index (χ1) is 16.0. The fourth-order valence-corrected chi connectivity index (χ4v) is 5.08. The number of benzene rings is 3. The van der Waals surface area contributed by atoms with Crippen LogP contribution in [0.15, 0.2) is 60.7 Å². The summed E-state index contributed by atoms with van der Waals surface area (Å²) in [7, 11) is 0. The molecule has 5 rings (SSSR count). The van der Waals surface area contributed by atoms with Gasteiger partial charge in [0.15, 0.2) is 11.6 Å². The molecular weight excluding hydrogens is 422 g/mol. The fourth-order valence-electron chi connectivity index (χ4n) is 5.08. The Bertz CT molecular complexity index is 1160. The van der Waals surface area contributed by atoms with Crippen LogP contribution in [0.5, 0.6) is 0 Å². The van der Waals surface area contributed by atoms with Gasteiger partial charge >= 0.3 is 0 Å². The molecule has 1 amide bonds. The van der Waals surface area contributed by atoms with E-state index < -0.39 is 11.6 Å². The number of nitrogens with one attached hydrogen (secondary N) is 2. The summed E-state index contributed by atoms with van der Waals surface area (Å²) in [6.07, 6.45) is 1.86. The lowest BCUT2D eigenvalue weighted by Gasteiger charge is -2.45. The molecule has 2 saturated heterocycles. The summed E-state index contributed by atoms with van der Waals surface area (Å²) in [6, 6.07) is 17.9. The van der Waals surface area contributed by atoms with Gasteiger partial charge in [-0.1, -0.05) is 30.3 Å². The van der Waals surface area contributed by atoms with Crippen LogP contribution < -0.4 is 15.5 Å². The second-order valence-corrected chi connectivity index (χ2v) is 9.00. The number of nitrogens with zero attached hydrogens (tertiary/aromatic N) is 2. The molecule has 0 atom stereocenters. The standard InChI is InChI=1S/C26H28F2N4O/c27-23-8-7-22(16-24(23)28)32-18-29-17-26(32)9-12-31(13-10-26)14-11-30-25(33)21-6-5-19-3-1-2-4-20(19)15-21/h1-8,15-16,29H,9-14,17-18H2,(H,30,33). The molecule has 3 aromatic carbocycles. The van der Waals surface area contributed by atoms with Crippen molar-refractivity contribution in [1.29, 1.82) is 0 Å². The van der Waals surface area contributed by atoms with Gasteiger partial charge < -0.3 is 15.1 Å². The number of carbonyl (C=O) groups is 1. The van der Waals surface area contributed by atoms with E-state index in [2.05, 4.69) is 20.4 Å². The topological polar surface area (TPSA) is 47.6 Å². The monoisotopic (exact) mass is 450 g/mol. The highest BCUT2D eigenvalue weighted by Gasteiger charge is 2.43. The molecule has 0 aliphatic carbocycles. The van der Waals surface area contributed by atoms with E-state index in [-0.39, 0.29) is 11.4 Å². The number of hydrogen-bond donors (Lipinski definition) is 2. The molecule has 33 heavy (non-hydrogen) atoms. The van der Waals surface area contributed by atoms with Gasteiger partial charge in [0.25, 0.3) is 5.91 Å². The molecule has 5 nitrogen and oxygen atoms in total. The molecule has 2 heterocycles. The van der Waals surface area contributed by atoms with E-state index in [4.69, 9.17) is 0 Å². The van der Waals surface area contributed by atoms with Gasteiger partial charge in [0.2, 0.25) is 0 Å². The van der Waals surface area contributed by atoms with Crippen LogP contribution in [-0.4, -0.2) is 55.7 Å². The third-order valence-electron chi connectivity index (χ3n) is 7.02. The number of rotatable bonds is 5. The second-order valence-electron chi connectivity index (χ2n) is 9.00. The summed E-state index contributed by atoms with van der Waals surface area (Å²) in [5.41, 5.74) is 1.30. The molecule has 1 spiro atoms. The fraction of sp³-hybridized carbons (Fsp3) is 0.346. The molecule has 7 heteroatoms. The van der Waals surface area contributed by atoms with Gasteiger partial charge in [0, 0.05) is 50.0 Å². The van der Waals surface area contributed by atoms with Crippen molar-refractivity contribution in [3.05, 3.63) is 77.9 Å². The largest absolute Gasteiger partial charge is 0.352 e. The van der Waals surface area contributed by atoms with Crippen LogP contribution in [0, 0.1) is 11.6 Å². The van der Waals surface area contributed by atoms with E-state index in [1.54, 1.807) is 6.07 Å². The molecule has 2 aliphatic heterocycles. The van der Waals surface area contributed by atoms with Crippen molar-refractivity contribution in [2.45, 2.75) is 18.4 Å². The highest BCUT2D eigenvalue weighted by atomic mass is 19.2. The van der Waals surface area contributed by atoms with Crippen molar-refractivity contribution in [2.24, 2.45) is 0 Å². The molecule has 0 saturated carbocycles. The minimum absolute atomic E-state index is 0.0567. The van der Waals surface area contributed by atoms with Crippen LogP contribution in [0.25, 0.3) is 10.8 Å². The molecule has 2 aliphatic rings. The van der Waals surface area contributed by atoms with E-state index in [0.717, 1.165) is 55.5 Å². The maximum absolute atomic E-state index is 13.8. The third-order valence-corrected chi connectivity index (χ3v) is 7.02. The van der Waals surface area contributed by atoms with E-state index in [1.165, 1.54) is 12.1 Å². The van der Waals surface area contributed by atoms with Gasteiger partial charge in [-0.05, 0) is 47.9 Å². The molecule has 2 N–H and O–H groups in total. The Kier molecular flexibility index (Phi) is 6.00. The van der Waals surface area contributed by atoms with E-state index in [9.17, 15) is 13.6 Å². The Morgan fingerprint density at radius 2 is 1.76 bits per heavy atom. The first-order valence-corrected chi connectivity index (χ1v) is 11.5. The summed E-state index contributed by atoms with van der Waals surface area (Å²) in [5.74, 6) is -1.69. The van der Waals surface area contributed by atoms with Crippen molar-refractivity contribution >= 4 is 22.4 Å². The highest BCUT2D eigenvalue weighted by molar-refractivity contribution is 5.98. The Labute approximate surface area is 192 Å². The highest BCUT2D eigenvalue weighted by Crippen LogP contribution is 2.35. The number of hydrogen-bond acceptors (Lipinski definition) is 4. The van der Waals surface area contributed by atoms with Crippen LogP contribution in [-0.2, 0) is 0 Å². The first-order valence-electron chi connectivity index (χ1n) is 11.5. The maximum Gasteiger partial charge on any atom is 0.251 e. The van der Waals surface area contributed by atoms with Gasteiger partial charge in [0.1, 0.15) is 0 Å². The van der Waals surface area contributed by atoms with Crippen molar-refractivity contribution < 1.29 is 13.6 Å². The van der Waals surface area contributed by atoms with Crippen LogP contribution in [0.3, 0.4) is 0 Å². The molecule has 2 fully saturated rings. The predicted molar refractivity (Wildman–Crippen MR) is 126 cm³/mol. The number of piperidine rings is 1. The average molecular weight is 451 g/mol. The maximum atomic E-state index is 13.8. The summed E-state index contributed by atoms with van der Waals surface area (Å²) >= 11 is 0. The smallest absolute Gasteiger partial charge is 0.251 e. The molecule has 3 aromatic rings. The molecule has 172 valence electrons. The number of likely N-dealkylation sites (tertiary alicyclic amines) is 1. The molecule has 0 aromatic heterocycles. The number of amides is 1. The normalized spacial score (nSPS) is 18.2. The third kappa shape index (κ3) is 4.43. The van der Waals surface area contributed by atoms with Crippen LogP contribution in [0.2, 0.25) is 0 Å². The van der Waals surface area contributed by atoms with Crippen LogP contribution in [0.4, 0.5) is 14.5 Å². The zero-order valence-corrected chi connectivity index (χ0v) is 18.5. The zero-order valence-electron chi connectivity index (χ0n) is 18.5. The lowest BCUT2D eigenvalue weighted by Crippen LogP contribution is -2.54. The number of anilines is 1. The summed E-state index contributed by atoms with van der Waals surface area (Å²) in [5, 5.41) is 8.62. The van der Waals surface area contributed by atoms with Crippen LogP contribution in [0.1, 0.15) is 23.2 Å². The Morgan fingerprint density at radius 3 is 2.55 bits per heavy atom. The van der Waals surface area contributed by atoms with Crippen molar-refractivity contribution in [1.82, 2.24) is 15.5 Å². The Hall–Kier alpha value is -3.03. The Balaban J connectivity index is 1.14. The van der Waals surface area contributed by atoms with Gasteiger partial charge in [-0.25, -0.2) is 8.78 Å². The lowest BCUT2D eigenvalue weighted by atomic mass is 9.86. The van der Waals surface area contributed by atoms with Crippen LogP contribution >= 0.6 is 0 Å². The van der Waals surface area contributed by atoms with Crippen molar-refractivity contribution in [3.8, 4) is 0 Å². The molecule has 0 bridgehead atoms. The second kappa shape index (κ2) is 9.08. The molecule has 0 unspecified atom stereocenters. The summed E-state index contributed by atoms with van der Waals surface area (Å²) < 4.78 is 27.2. The van der Waals surface area contributed by atoms with Gasteiger partial charge in [0.05, 0.1) is 12.2 Å². The van der Waals surface area contributed by atoms with E-state index in [1.807, 2.05) is 42.5 Å². The predicted octanol–water partition coefficient (Wildman–Crippen LogP) is 3.75. The molecular formula is C26H28F2N4O. The van der Waals surface area contributed by atoms with Gasteiger partial charge in [-0.2, -0.15) is 0 Å². The minimum Gasteiger partial charge on any atom is -0.352 e. The first kappa shape index (κ1) is 21.8. The zero-order chi connectivity index (χ0) is 22.8. The summed E-state index contributed by atoms with van der Waals surface area (Å²) in [6.45, 7) is 4.63. The quantitative estimate of drug-likeness (QED) is 0.622. The SMILES string of the molecule is O=C(NCCN1CCC2(CC1)CNCN2c1ccc(F)c(F)c1)c1ccc2ccccc2c1. The number of carbonyl (C=O) groups excluding carboxylic acids is 1.